The van der Waals surface area contributed by atoms with Crippen molar-refractivity contribution in [1.82, 2.24) is 10.8 Å². The molecule has 4 N–H and O–H groups in total. The number of hydroxylamine groups is 1. The molecule has 12 atom stereocenters. The second-order valence-electron chi connectivity index (χ2n) is 18.5. The third-order valence-electron chi connectivity index (χ3n) is 15.1. The molecule has 52 heavy (non-hydrogen) atoms. The number of amides is 1. The average Bonchev–Trinajstić information content (AvgIpc) is 3.15. The molecule has 0 heterocycles. The van der Waals surface area contributed by atoms with Crippen LogP contribution in [-0.2, 0) is 19.3 Å². The van der Waals surface area contributed by atoms with Crippen LogP contribution in [0.25, 0.3) is 0 Å². The molecule has 0 aromatic rings. The molecule has 0 spiro atoms. The number of carbonyl (C=O) groups is 2. The van der Waals surface area contributed by atoms with Gasteiger partial charge in [0.15, 0.2) is 0 Å². The number of nitrogens with one attached hydrogen (secondary N) is 2. The average molecular weight is 770 g/mol. The minimum atomic E-state index is -0.832. The number of alkyl halides is 2. The summed E-state index contributed by atoms with van der Waals surface area (Å²) in [5, 5.41) is 22.3. The van der Waals surface area contributed by atoms with Crippen molar-refractivity contribution in [2.24, 2.45) is 59.2 Å². The summed E-state index contributed by atoms with van der Waals surface area (Å²) in [4.78, 5) is 36.7. The van der Waals surface area contributed by atoms with Gasteiger partial charge in [0.2, 0.25) is 5.91 Å². The van der Waals surface area contributed by atoms with Crippen LogP contribution in [0.2, 0.25) is 0 Å². The van der Waals surface area contributed by atoms with Crippen LogP contribution in [0.5, 0.6) is 0 Å². The zero-order valence-corrected chi connectivity index (χ0v) is 33.3. The van der Waals surface area contributed by atoms with Crippen LogP contribution in [0.4, 0.5) is 0 Å². The number of hydrogen-bond donors (Lipinski definition) is 4. The second kappa shape index (κ2) is 20.5. The lowest BCUT2D eigenvalue weighted by atomic mass is 9.69. The van der Waals surface area contributed by atoms with Crippen molar-refractivity contribution in [3.05, 3.63) is 0 Å². The molecule has 6 aliphatic rings. The van der Waals surface area contributed by atoms with Crippen LogP contribution in [-0.4, -0.2) is 58.3 Å². The minimum absolute atomic E-state index is 0.0206. The van der Waals surface area contributed by atoms with Crippen molar-refractivity contribution in [2.75, 3.05) is 13.2 Å². The fourth-order valence-electron chi connectivity index (χ4n) is 12.0. The Morgan fingerprint density at radius 2 is 1.15 bits per heavy atom. The lowest BCUT2D eigenvalue weighted by molar-refractivity contribution is -0.257. The summed E-state index contributed by atoms with van der Waals surface area (Å²) in [6.45, 7) is 1.00. The summed E-state index contributed by atoms with van der Waals surface area (Å²) in [5.41, 5.74) is 3.36. The largest absolute Gasteiger partial charge is 0.481 e. The van der Waals surface area contributed by atoms with Crippen molar-refractivity contribution < 1.29 is 29.7 Å². The molecule has 298 valence electrons. The quantitative estimate of drug-likeness (QED) is 0.0790. The Hall–Kier alpha value is -0.640. The molecule has 0 radical (unpaired) electrons. The molecule has 0 aliphatic heterocycles. The zero-order chi connectivity index (χ0) is 36.5. The van der Waals surface area contributed by atoms with Crippen molar-refractivity contribution in [1.29, 1.82) is 0 Å². The molecule has 6 rings (SSSR count). The summed E-state index contributed by atoms with van der Waals surface area (Å²) in [5.74, 6) is 2.51. The Morgan fingerprint density at radius 3 is 1.73 bits per heavy atom. The van der Waals surface area contributed by atoms with Gasteiger partial charge < -0.3 is 15.3 Å². The van der Waals surface area contributed by atoms with Gasteiger partial charge in [0, 0.05) is 12.1 Å². The maximum absolute atomic E-state index is 13.7. The molecule has 6 saturated carbocycles. The van der Waals surface area contributed by atoms with E-state index in [0.29, 0.717) is 55.6 Å². The summed E-state index contributed by atoms with van der Waals surface area (Å²) >= 11 is 14.0. The van der Waals surface area contributed by atoms with E-state index >= 15 is 0 Å². The summed E-state index contributed by atoms with van der Waals surface area (Å²) < 4.78 is 0. The summed E-state index contributed by atoms with van der Waals surface area (Å²) in [7, 11) is 0. The van der Waals surface area contributed by atoms with E-state index in [2.05, 4.69) is 15.7 Å². The predicted octanol–water partition coefficient (Wildman–Crippen LogP) is 9.76. The molecule has 0 bridgehead atoms. The summed E-state index contributed by atoms with van der Waals surface area (Å²) in [6.07, 6.45) is 27.3. The maximum Gasteiger partial charge on any atom is 0.307 e. The van der Waals surface area contributed by atoms with Crippen molar-refractivity contribution in [3.63, 3.8) is 0 Å². The predicted molar refractivity (Wildman–Crippen MR) is 206 cm³/mol. The molecule has 10 heteroatoms. The first-order chi connectivity index (χ1) is 25.3. The van der Waals surface area contributed by atoms with Gasteiger partial charge in [0.1, 0.15) is 0 Å². The van der Waals surface area contributed by atoms with Gasteiger partial charge in [-0.15, -0.1) is 23.2 Å². The van der Waals surface area contributed by atoms with E-state index in [4.69, 9.17) is 28.0 Å². The molecule has 8 nitrogen and oxygen atoms in total. The zero-order valence-electron chi connectivity index (χ0n) is 31.8. The first kappa shape index (κ1) is 41.0. The number of carboxylic acids is 1. The number of hydrogen-bond acceptors (Lipinski definition) is 6. The highest BCUT2D eigenvalue weighted by molar-refractivity contribution is 6.21. The van der Waals surface area contributed by atoms with Crippen LogP contribution in [0.3, 0.4) is 0 Å². The number of rotatable bonds is 14. The van der Waals surface area contributed by atoms with Crippen LogP contribution < -0.4 is 10.8 Å². The Bertz CT molecular complexity index is 1100. The van der Waals surface area contributed by atoms with Crippen LogP contribution >= 0.6 is 23.2 Å². The van der Waals surface area contributed by atoms with Crippen molar-refractivity contribution in [2.45, 2.75) is 177 Å². The Labute approximate surface area is 323 Å². The van der Waals surface area contributed by atoms with Crippen LogP contribution in [0.15, 0.2) is 0 Å². The first-order valence-corrected chi connectivity index (χ1v) is 22.6. The lowest BCUT2D eigenvalue weighted by Crippen LogP contribution is -2.51. The number of carbonyl (C=O) groups excluding carboxylic acids is 1. The standard InChI is InChI=1S/C42H70Cl2N2O6/c43-37-23-31(14-17-39(37)45-41(47)36-22-30(12-16-35(36)42(48)49)20-28-9-5-2-6-10-28)32-15-18-40(38(44)24-32)46-51-25-34-21-29(11-13-33(34)26-52-50)19-27-7-3-1-4-8-27/h27-40,46,50H,1-26H2,(H,45,47)(H,48,49). The Balaban J connectivity index is 0.920. The fraction of sp³-hybridized carbons (Fsp3) is 0.952. The highest BCUT2D eigenvalue weighted by atomic mass is 35.5. The van der Waals surface area contributed by atoms with Gasteiger partial charge in [-0.1, -0.05) is 70.6 Å². The highest BCUT2D eigenvalue weighted by Crippen LogP contribution is 2.44. The number of halogens is 2. The van der Waals surface area contributed by atoms with E-state index in [1.54, 1.807) is 0 Å². The van der Waals surface area contributed by atoms with E-state index in [1.165, 1.54) is 77.0 Å². The molecule has 0 aromatic carbocycles. The molecular formula is C42H70Cl2N2O6. The highest BCUT2D eigenvalue weighted by Gasteiger charge is 2.43. The maximum atomic E-state index is 13.7. The number of carboxylic acid groups (broad SMARTS) is 1. The molecule has 12 unspecified atom stereocenters. The second-order valence-corrected chi connectivity index (χ2v) is 19.7. The Morgan fingerprint density at radius 1 is 0.577 bits per heavy atom. The van der Waals surface area contributed by atoms with E-state index in [9.17, 15) is 20.0 Å². The lowest BCUT2D eigenvalue weighted by Gasteiger charge is -2.42. The van der Waals surface area contributed by atoms with Gasteiger partial charge in [0.05, 0.1) is 35.8 Å². The molecule has 0 aromatic heterocycles. The molecule has 0 saturated heterocycles. The topological polar surface area (TPSA) is 117 Å². The normalized spacial score (nSPS) is 39.9. The van der Waals surface area contributed by atoms with Gasteiger partial charge in [-0.2, -0.15) is 5.48 Å². The van der Waals surface area contributed by atoms with Crippen molar-refractivity contribution >= 4 is 35.1 Å². The van der Waals surface area contributed by atoms with Crippen molar-refractivity contribution in [3.8, 4) is 0 Å². The number of aliphatic carboxylic acids is 1. The SMILES string of the molecule is O=C(O)C1CCC(CC2CCCCC2)CC1C(=O)NC1CCC(C2CCC(NOCC3CC(CC4CCCCC4)CCC3COO)C(Cl)C2)CC1Cl. The first-order valence-electron chi connectivity index (χ1n) is 21.7. The van der Waals surface area contributed by atoms with Crippen LogP contribution in [0.1, 0.15) is 154 Å². The molecule has 1 amide bonds. The van der Waals surface area contributed by atoms with Gasteiger partial charge in [-0.3, -0.25) is 14.8 Å². The van der Waals surface area contributed by atoms with Crippen LogP contribution in [0, 0.1) is 59.2 Å². The molecular weight excluding hydrogens is 699 g/mol. The fourth-order valence-corrected chi connectivity index (χ4v) is 12.8. The van der Waals surface area contributed by atoms with Gasteiger partial charge in [-0.25, -0.2) is 4.89 Å². The minimum Gasteiger partial charge on any atom is -0.481 e. The van der Waals surface area contributed by atoms with E-state index in [-0.39, 0.29) is 28.7 Å². The third-order valence-corrected chi connectivity index (χ3v) is 16.0. The third kappa shape index (κ3) is 11.5. The van der Waals surface area contributed by atoms with Gasteiger partial charge in [0.25, 0.3) is 0 Å². The molecule has 6 aliphatic carbocycles. The Kier molecular flexibility index (Phi) is 16.2. The smallest absolute Gasteiger partial charge is 0.307 e. The van der Waals surface area contributed by atoms with E-state index in [1.807, 2.05) is 0 Å². The van der Waals surface area contributed by atoms with Gasteiger partial charge in [-0.05, 0) is 131 Å². The molecule has 6 fully saturated rings. The monoisotopic (exact) mass is 768 g/mol. The van der Waals surface area contributed by atoms with E-state index < -0.39 is 17.8 Å². The van der Waals surface area contributed by atoms with Gasteiger partial charge >= 0.3 is 5.97 Å². The van der Waals surface area contributed by atoms with E-state index in [0.717, 1.165) is 82.0 Å². The summed E-state index contributed by atoms with van der Waals surface area (Å²) in [6, 6.07) is -0.00646.